The molecule has 0 saturated heterocycles. The van der Waals surface area contributed by atoms with Crippen molar-refractivity contribution in [1.29, 1.82) is 0 Å². The van der Waals surface area contributed by atoms with Crippen molar-refractivity contribution in [3.8, 4) is 0 Å². The lowest BCUT2D eigenvalue weighted by atomic mass is 10.1. The van der Waals surface area contributed by atoms with Crippen LogP contribution < -0.4 is 11.1 Å². The van der Waals surface area contributed by atoms with E-state index in [9.17, 15) is 4.79 Å². The molecule has 1 amide bonds. The first-order valence-electron chi connectivity index (χ1n) is 7.00. The Balaban J connectivity index is 1.85. The SMILES string of the molecule is Cc1ccc(C(N)C(=O)NCCc2nc(C)c(C)s2)cc1. The number of nitrogens with one attached hydrogen (secondary N) is 1. The highest BCUT2D eigenvalue weighted by Crippen LogP contribution is 2.16. The second-order valence-electron chi connectivity index (χ2n) is 5.18. The quantitative estimate of drug-likeness (QED) is 0.891. The zero-order valence-electron chi connectivity index (χ0n) is 12.6. The van der Waals surface area contributed by atoms with E-state index in [0.717, 1.165) is 28.2 Å². The van der Waals surface area contributed by atoms with E-state index in [4.69, 9.17) is 5.73 Å². The smallest absolute Gasteiger partial charge is 0.241 e. The third-order valence-corrected chi connectivity index (χ3v) is 4.56. The van der Waals surface area contributed by atoms with Crippen molar-refractivity contribution in [2.45, 2.75) is 33.2 Å². The molecule has 0 bridgehead atoms. The van der Waals surface area contributed by atoms with Crippen LogP contribution in [0.15, 0.2) is 24.3 Å². The number of nitrogens with two attached hydrogens (primary N) is 1. The number of amides is 1. The normalized spacial score (nSPS) is 12.2. The van der Waals surface area contributed by atoms with E-state index in [2.05, 4.69) is 17.2 Å². The zero-order chi connectivity index (χ0) is 15.4. The molecule has 0 aliphatic heterocycles. The highest BCUT2D eigenvalue weighted by molar-refractivity contribution is 7.11. The summed E-state index contributed by atoms with van der Waals surface area (Å²) in [4.78, 5) is 17.7. The van der Waals surface area contributed by atoms with Gasteiger partial charge >= 0.3 is 0 Å². The predicted octanol–water partition coefficient (Wildman–Crippen LogP) is 2.43. The van der Waals surface area contributed by atoms with Crippen LogP contribution >= 0.6 is 11.3 Å². The summed E-state index contributed by atoms with van der Waals surface area (Å²) in [5.74, 6) is -0.149. The summed E-state index contributed by atoms with van der Waals surface area (Å²) in [5.41, 5.74) is 9.02. The summed E-state index contributed by atoms with van der Waals surface area (Å²) >= 11 is 1.68. The summed E-state index contributed by atoms with van der Waals surface area (Å²) in [5, 5.41) is 3.93. The van der Waals surface area contributed by atoms with Gasteiger partial charge in [0.25, 0.3) is 0 Å². The average molecular weight is 303 g/mol. The van der Waals surface area contributed by atoms with Gasteiger partial charge in [-0.25, -0.2) is 4.98 Å². The van der Waals surface area contributed by atoms with Gasteiger partial charge in [-0.3, -0.25) is 4.79 Å². The van der Waals surface area contributed by atoms with Gasteiger partial charge in [-0.15, -0.1) is 11.3 Å². The minimum Gasteiger partial charge on any atom is -0.354 e. The second-order valence-corrected chi connectivity index (χ2v) is 6.47. The second kappa shape index (κ2) is 6.83. The number of carbonyl (C=O) groups excluding carboxylic acids is 1. The highest BCUT2D eigenvalue weighted by atomic mass is 32.1. The van der Waals surface area contributed by atoms with Gasteiger partial charge in [0, 0.05) is 17.8 Å². The molecule has 0 saturated carbocycles. The molecule has 5 heteroatoms. The van der Waals surface area contributed by atoms with E-state index in [1.54, 1.807) is 11.3 Å². The van der Waals surface area contributed by atoms with Crippen LogP contribution in [0.3, 0.4) is 0 Å². The number of rotatable bonds is 5. The van der Waals surface area contributed by atoms with Crippen LogP contribution in [-0.4, -0.2) is 17.4 Å². The standard InChI is InChI=1S/C16H21N3OS/c1-10-4-6-13(7-5-10)15(17)16(20)18-9-8-14-19-11(2)12(3)21-14/h4-7,15H,8-9,17H2,1-3H3,(H,18,20). The molecule has 0 aliphatic rings. The molecule has 2 rings (SSSR count). The lowest BCUT2D eigenvalue weighted by molar-refractivity contribution is -0.122. The van der Waals surface area contributed by atoms with E-state index in [-0.39, 0.29) is 5.91 Å². The number of aromatic nitrogens is 1. The van der Waals surface area contributed by atoms with Gasteiger partial charge < -0.3 is 11.1 Å². The van der Waals surface area contributed by atoms with Gasteiger partial charge in [0.05, 0.1) is 10.7 Å². The fourth-order valence-corrected chi connectivity index (χ4v) is 2.91. The molecule has 2 aromatic rings. The van der Waals surface area contributed by atoms with Crippen molar-refractivity contribution in [2.75, 3.05) is 6.54 Å². The van der Waals surface area contributed by atoms with Crippen molar-refractivity contribution < 1.29 is 4.79 Å². The molecule has 1 atom stereocenters. The number of hydrogen-bond acceptors (Lipinski definition) is 4. The van der Waals surface area contributed by atoms with Crippen molar-refractivity contribution in [3.05, 3.63) is 51.0 Å². The minimum atomic E-state index is -0.620. The molecule has 0 fully saturated rings. The molecule has 4 nitrogen and oxygen atoms in total. The van der Waals surface area contributed by atoms with Crippen LogP contribution in [-0.2, 0) is 11.2 Å². The molecular formula is C16H21N3OS. The van der Waals surface area contributed by atoms with Crippen LogP contribution in [0.5, 0.6) is 0 Å². The molecule has 0 aliphatic carbocycles. The first kappa shape index (κ1) is 15.7. The van der Waals surface area contributed by atoms with E-state index in [1.807, 2.05) is 38.1 Å². The Labute approximate surface area is 129 Å². The summed E-state index contributed by atoms with van der Waals surface area (Å²) in [6.45, 7) is 6.63. The van der Waals surface area contributed by atoms with Gasteiger partial charge in [0.2, 0.25) is 5.91 Å². The Morgan fingerprint density at radius 3 is 2.52 bits per heavy atom. The average Bonchev–Trinajstić information content (AvgIpc) is 2.77. The molecule has 3 N–H and O–H groups in total. The highest BCUT2D eigenvalue weighted by Gasteiger charge is 2.15. The Morgan fingerprint density at radius 1 is 1.29 bits per heavy atom. The molecule has 1 aromatic carbocycles. The Bertz CT molecular complexity index is 599. The zero-order valence-corrected chi connectivity index (χ0v) is 13.5. The van der Waals surface area contributed by atoms with E-state index in [0.29, 0.717) is 6.54 Å². The van der Waals surface area contributed by atoms with Crippen molar-refractivity contribution >= 4 is 17.2 Å². The molecule has 1 aromatic heterocycles. The van der Waals surface area contributed by atoms with Crippen molar-refractivity contribution in [3.63, 3.8) is 0 Å². The third-order valence-electron chi connectivity index (χ3n) is 3.43. The lowest BCUT2D eigenvalue weighted by Gasteiger charge is -2.12. The van der Waals surface area contributed by atoms with Crippen molar-refractivity contribution in [1.82, 2.24) is 10.3 Å². The molecule has 112 valence electrons. The molecular weight excluding hydrogens is 282 g/mol. The number of carbonyl (C=O) groups is 1. The summed E-state index contributed by atoms with van der Waals surface area (Å²) in [7, 11) is 0. The van der Waals surface area contributed by atoms with E-state index >= 15 is 0 Å². The number of nitrogens with zero attached hydrogens (tertiary/aromatic N) is 1. The number of aryl methyl sites for hydroxylation is 3. The van der Waals surface area contributed by atoms with Crippen LogP contribution in [0, 0.1) is 20.8 Å². The number of hydrogen-bond donors (Lipinski definition) is 2. The monoisotopic (exact) mass is 303 g/mol. The Hall–Kier alpha value is -1.72. The summed E-state index contributed by atoms with van der Waals surface area (Å²) in [6.07, 6.45) is 0.742. The third kappa shape index (κ3) is 4.12. The largest absolute Gasteiger partial charge is 0.354 e. The lowest BCUT2D eigenvalue weighted by Crippen LogP contribution is -2.35. The number of thiazole rings is 1. The van der Waals surface area contributed by atoms with E-state index in [1.165, 1.54) is 4.88 Å². The molecule has 0 radical (unpaired) electrons. The van der Waals surface area contributed by atoms with Gasteiger partial charge in [0.1, 0.15) is 6.04 Å². The minimum absolute atomic E-state index is 0.149. The van der Waals surface area contributed by atoms with Gasteiger partial charge in [-0.2, -0.15) is 0 Å². The van der Waals surface area contributed by atoms with Crippen LogP contribution in [0.1, 0.15) is 32.7 Å². The van der Waals surface area contributed by atoms with Crippen LogP contribution in [0.25, 0.3) is 0 Å². The maximum atomic E-state index is 12.0. The van der Waals surface area contributed by atoms with Crippen LogP contribution in [0.4, 0.5) is 0 Å². The van der Waals surface area contributed by atoms with Gasteiger partial charge in [-0.05, 0) is 26.3 Å². The Kier molecular flexibility index (Phi) is 5.09. The maximum Gasteiger partial charge on any atom is 0.241 e. The fraction of sp³-hybridized carbons (Fsp3) is 0.375. The first-order valence-corrected chi connectivity index (χ1v) is 7.82. The molecule has 1 unspecified atom stereocenters. The van der Waals surface area contributed by atoms with Crippen LogP contribution in [0.2, 0.25) is 0 Å². The van der Waals surface area contributed by atoms with E-state index < -0.39 is 6.04 Å². The summed E-state index contributed by atoms with van der Waals surface area (Å²) < 4.78 is 0. The summed E-state index contributed by atoms with van der Waals surface area (Å²) in [6, 6.07) is 7.10. The maximum absolute atomic E-state index is 12.0. The Morgan fingerprint density at radius 2 is 1.95 bits per heavy atom. The number of benzene rings is 1. The molecule has 21 heavy (non-hydrogen) atoms. The van der Waals surface area contributed by atoms with Gasteiger partial charge in [0.15, 0.2) is 0 Å². The molecule has 1 heterocycles. The fourth-order valence-electron chi connectivity index (χ4n) is 1.97. The first-order chi connectivity index (χ1) is 9.97. The topological polar surface area (TPSA) is 68.0 Å². The van der Waals surface area contributed by atoms with Crippen molar-refractivity contribution in [2.24, 2.45) is 5.73 Å². The molecule has 0 spiro atoms. The van der Waals surface area contributed by atoms with Gasteiger partial charge in [-0.1, -0.05) is 29.8 Å². The predicted molar refractivity (Wildman–Crippen MR) is 86.4 cm³/mol.